The van der Waals surface area contributed by atoms with Gasteiger partial charge in [0.15, 0.2) is 5.82 Å². The Kier molecular flexibility index (Phi) is 11.5. The number of pyridine rings is 2. The Balaban J connectivity index is 0.000000188. The summed E-state index contributed by atoms with van der Waals surface area (Å²) in [5.74, 6) is 0.807. The van der Waals surface area contributed by atoms with E-state index in [2.05, 4.69) is 185 Å². The number of hydrogen-bond donors (Lipinski definition) is 0. The van der Waals surface area contributed by atoms with E-state index in [9.17, 15) is 0 Å². The van der Waals surface area contributed by atoms with E-state index in [1.807, 2.05) is 42.6 Å². The van der Waals surface area contributed by atoms with E-state index < -0.39 is 14.9 Å². The molecule has 0 N–H and O–H groups in total. The average Bonchev–Trinajstić information content (AvgIpc) is 3.91. The van der Waals surface area contributed by atoms with Gasteiger partial charge in [-0.1, -0.05) is 143 Å². The van der Waals surface area contributed by atoms with E-state index in [-0.39, 0.29) is 31.1 Å². The van der Waals surface area contributed by atoms with Gasteiger partial charge in [0.05, 0.1) is 19.9 Å². The van der Waals surface area contributed by atoms with Gasteiger partial charge in [0.1, 0.15) is 22.3 Å². The Morgan fingerprint density at radius 1 is 0.723 bits per heavy atom. The molecule has 0 aliphatic heterocycles. The third-order valence-electron chi connectivity index (χ3n) is 12.1. The van der Waals surface area contributed by atoms with Crippen LogP contribution in [-0.2, 0) is 31.1 Å². The maximum Gasteiger partial charge on any atom is 0.305 e. The molecule has 327 valence electrons. The Morgan fingerprint density at radius 3 is 2.09 bits per heavy atom. The van der Waals surface area contributed by atoms with Crippen LogP contribution in [0.1, 0.15) is 55.4 Å². The van der Waals surface area contributed by atoms with Crippen molar-refractivity contribution in [3.05, 3.63) is 199 Å². The molecule has 0 saturated carbocycles. The van der Waals surface area contributed by atoms with E-state index in [1.54, 1.807) is 18.2 Å². The van der Waals surface area contributed by atoms with Crippen LogP contribution in [-0.4, -0.2) is 22.6 Å². The number of furan rings is 1. The molecule has 65 heavy (non-hydrogen) atoms. The third kappa shape index (κ3) is 8.94. The second kappa shape index (κ2) is 18.0. The fourth-order valence-electron chi connectivity index (χ4n) is 8.62. The van der Waals surface area contributed by atoms with Crippen LogP contribution in [0.25, 0.3) is 72.6 Å². The summed E-state index contributed by atoms with van der Waals surface area (Å²) in [7, 11) is -1.63. The van der Waals surface area contributed by atoms with Gasteiger partial charge in [-0.2, -0.15) is 0 Å². The molecule has 0 amide bonds. The number of nitrogens with zero attached hydrogens (tertiary/aromatic N) is 4. The first-order valence-corrected chi connectivity index (χ1v) is 25.4. The Bertz CT molecular complexity index is 3370. The zero-order valence-electron chi connectivity index (χ0n) is 41.2. The fourth-order valence-corrected chi connectivity index (χ4v) is 10.3. The average molecular weight is 1050 g/mol. The number of rotatable bonds is 7. The molecule has 0 spiro atoms. The summed E-state index contributed by atoms with van der Waals surface area (Å²) >= 11 is 0. The molecule has 7 heteroatoms. The molecule has 0 aliphatic rings. The van der Waals surface area contributed by atoms with Crippen molar-refractivity contribution in [1.82, 2.24) is 14.5 Å². The zero-order valence-corrected chi connectivity index (χ0v) is 41.6. The van der Waals surface area contributed by atoms with Crippen molar-refractivity contribution in [3.8, 4) is 39.5 Å². The van der Waals surface area contributed by atoms with Crippen LogP contribution >= 0.6 is 0 Å². The topological polar surface area (TPSA) is 47.7 Å². The summed E-state index contributed by atoms with van der Waals surface area (Å²) in [6, 6.07) is 59.8. The van der Waals surface area contributed by atoms with Crippen molar-refractivity contribution in [3.63, 3.8) is 0 Å². The Morgan fingerprint density at radius 2 is 1.42 bits per heavy atom. The number of aryl methyl sites for hydroxylation is 1. The number of aromatic nitrogens is 4. The fraction of sp³-hybridized carbons (Fsp3) is 0.190. The van der Waals surface area contributed by atoms with Gasteiger partial charge in [-0.25, -0.2) is 14.1 Å². The van der Waals surface area contributed by atoms with Gasteiger partial charge in [0, 0.05) is 41.2 Å². The van der Waals surface area contributed by atoms with E-state index in [0.29, 0.717) is 5.56 Å². The van der Waals surface area contributed by atoms with Crippen molar-refractivity contribution >= 4 is 46.4 Å². The van der Waals surface area contributed by atoms with Gasteiger partial charge >= 0.3 is 5.65 Å². The van der Waals surface area contributed by atoms with Crippen molar-refractivity contribution in [2.45, 2.75) is 72.1 Å². The summed E-state index contributed by atoms with van der Waals surface area (Å²) in [5.41, 5.74) is 12.0. The second-order valence-electron chi connectivity index (χ2n) is 19.0. The van der Waals surface area contributed by atoms with E-state index in [1.165, 1.54) is 27.4 Å². The number of para-hydroxylation sites is 1. The smallest absolute Gasteiger partial charge is 0.305 e. The van der Waals surface area contributed by atoms with Crippen molar-refractivity contribution in [2.75, 3.05) is 0 Å². The molecular formula is C58H55IrN4OSi-. The van der Waals surface area contributed by atoms with Crippen LogP contribution in [0.2, 0.25) is 19.6 Å². The van der Waals surface area contributed by atoms with Gasteiger partial charge in [-0.05, 0) is 89.8 Å². The molecule has 0 saturated heterocycles. The first kappa shape index (κ1) is 41.5. The van der Waals surface area contributed by atoms with Crippen LogP contribution in [0, 0.1) is 19.0 Å². The van der Waals surface area contributed by atoms with E-state index in [0.717, 1.165) is 61.4 Å². The molecule has 10 rings (SSSR count). The molecule has 0 aliphatic carbocycles. The summed E-state index contributed by atoms with van der Waals surface area (Å²) in [6.45, 7) is 16.1. The summed E-state index contributed by atoms with van der Waals surface area (Å²) in [6.07, 6.45) is 4.15. The first-order chi connectivity index (χ1) is 31.9. The molecule has 4 heterocycles. The summed E-state index contributed by atoms with van der Waals surface area (Å²) in [5, 5.41) is 3.50. The zero-order chi connectivity index (χ0) is 47.3. The molecule has 6 aromatic carbocycles. The van der Waals surface area contributed by atoms with Crippen molar-refractivity contribution < 1.29 is 33.2 Å². The largest absolute Gasteiger partial charge is 0.500 e. The van der Waals surface area contributed by atoms with Gasteiger partial charge in [-0.3, -0.25) is 0 Å². The Hall–Kier alpha value is -6.24. The summed E-state index contributed by atoms with van der Waals surface area (Å²) in [4.78, 5) is 9.92. The minimum atomic E-state index is -2.12. The van der Waals surface area contributed by atoms with E-state index in [4.69, 9.17) is 18.5 Å². The molecule has 10 aromatic rings. The molecule has 0 atom stereocenters. The van der Waals surface area contributed by atoms with Gasteiger partial charge in [0.2, 0.25) is 0 Å². The normalized spacial score (nSPS) is 12.8. The van der Waals surface area contributed by atoms with Crippen LogP contribution in [0.3, 0.4) is 0 Å². The van der Waals surface area contributed by atoms with Gasteiger partial charge < -0.3 is 9.40 Å². The molecule has 0 bridgehead atoms. The number of fused-ring (bicyclic) bond motifs is 4. The van der Waals surface area contributed by atoms with Crippen LogP contribution in [0.5, 0.6) is 0 Å². The third-order valence-corrected chi connectivity index (χ3v) is 14.1. The SMILES string of the molecule is CC(C)(C)[n+]1cccc2nc(-c3[c-]ccc4c3oc3ccccc34)n(-c3ccc(-c4ccccc4)cc3)c21.[2H]C([2H])([2H])c1c[c-]c(-c2cc(C(C)(C)c3ccccc3)c([Si](C)(C)C)cn2)cc1.[Ir]. The molecule has 4 aromatic heterocycles. The molecule has 0 fully saturated rings. The van der Waals surface area contributed by atoms with Crippen molar-refractivity contribution in [1.29, 1.82) is 0 Å². The molecule has 1 radical (unpaired) electrons. The minimum absolute atomic E-state index is 0. The van der Waals surface area contributed by atoms with Gasteiger partial charge in [-0.15, -0.1) is 53.6 Å². The molecule has 5 nitrogen and oxygen atoms in total. The second-order valence-corrected chi connectivity index (χ2v) is 24.0. The van der Waals surface area contributed by atoms with Gasteiger partial charge in [0.25, 0.3) is 0 Å². The standard InChI is InChI=1S/C34H27N3O.C24H28NSi.Ir/c1-34(2,3)36-22-10-16-29-33(36)37(25-20-18-24(19-21-25)23-11-5-4-6-12-23)32(35-29)28-15-9-14-27-26-13-7-8-17-30(26)38-31(27)28;1-18-12-14-19(15-13-18)22-16-21(23(17-25-22)26(4,5)6)24(2,3)20-10-8-7-9-11-20;/h4-14,16-22H,1-3H3;7-14,16-17H,1-6H3;/q;-1;/i;1D3;. The number of imidazole rings is 1. The molecular weight excluding hydrogens is 989 g/mol. The van der Waals surface area contributed by atoms with E-state index >= 15 is 0 Å². The predicted octanol–water partition coefficient (Wildman–Crippen LogP) is 13.8. The molecule has 0 unspecified atom stereocenters. The van der Waals surface area contributed by atoms with Crippen LogP contribution in [0.15, 0.2) is 175 Å². The number of benzene rings is 6. The van der Waals surface area contributed by atoms with Crippen molar-refractivity contribution in [2.24, 2.45) is 0 Å². The summed E-state index contributed by atoms with van der Waals surface area (Å²) < 4.78 is 33.6. The maximum absolute atomic E-state index is 7.56. The maximum atomic E-state index is 7.56. The Labute approximate surface area is 402 Å². The minimum Gasteiger partial charge on any atom is -0.500 e. The van der Waals surface area contributed by atoms with Crippen LogP contribution < -0.4 is 9.75 Å². The van der Waals surface area contributed by atoms with Crippen LogP contribution in [0.4, 0.5) is 0 Å². The first-order valence-electron chi connectivity index (χ1n) is 23.4. The monoisotopic (exact) mass is 1050 g/mol. The predicted molar refractivity (Wildman–Crippen MR) is 268 cm³/mol. The number of hydrogen-bond acceptors (Lipinski definition) is 3. The quantitative estimate of drug-likeness (QED) is 0.0908.